The maximum absolute atomic E-state index is 12.0. The van der Waals surface area contributed by atoms with Crippen LogP contribution in [0.3, 0.4) is 0 Å². The van der Waals surface area contributed by atoms with Crippen LogP contribution in [-0.4, -0.2) is 12.5 Å². The monoisotopic (exact) mass is 347 g/mol. The van der Waals surface area contributed by atoms with Crippen molar-refractivity contribution in [3.63, 3.8) is 0 Å². The van der Waals surface area contributed by atoms with Crippen molar-refractivity contribution in [1.82, 2.24) is 5.32 Å². The third-order valence-electron chi connectivity index (χ3n) is 3.44. The Morgan fingerprint density at radius 3 is 2.35 bits per heavy atom. The number of hydrogen-bond donors (Lipinski definition) is 1. The summed E-state index contributed by atoms with van der Waals surface area (Å²) in [6.45, 7) is 5.03. The van der Waals surface area contributed by atoms with Crippen molar-refractivity contribution in [2.24, 2.45) is 5.92 Å². The zero-order valence-electron chi connectivity index (χ0n) is 13.5. The highest BCUT2D eigenvalue weighted by atomic mass is 35.5. The number of nitrogens with one attached hydrogen (secondary N) is 1. The Kier molecular flexibility index (Phi) is 7.00. The normalized spacial score (nSPS) is 10.8. The summed E-state index contributed by atoms with van der Waals surface area (Å²) in [6.07, 6.45) is 1.00. The van der Waals surface area contributed by atoms with Crippen LogP contribution in [0.5, 0.6) is 0 Å². The average molecular weight is 348 g/mol. The SMILES string of the molecule is CC(C)CCNC(=O)c1ccc(CSc2ccc(Cl)cc2)cc1. The lowest BCUT2D eigenvalue weighted by molar-refractivity contribution is 0.0952. The molecule has 23 heavy (non-hydrogen) atoms. The standard InChI is InChI=1S/C19H22ClNOS/c1-14(2)11-12-21-19(22)16-5-3-15(4-6-16)13-23-18-9-7-17(20)8-10-18/h3-10,14H,11-13H2,1-2H3,(H,21,22). The molecular weight excluding hydrogens is 326 g/mol. The summed E-state index contributed by atoms with van der Waals surface area (Å²) in [4.78, 5) is 13.2. The number of halogens is 1. The minimum absolute atomic E-state index is 0.00237. The van der Waals surface area contributed by atoms with Gasteiger partial charge in [-0.1, -0.05) is 37.6 Å². The van der Waals surface area contributed by atoms with E-state index >= 15 is 0 Å². The highest BCUT2D eigenvalue weighted by Crippen LogP contribution is 2.24. The van der Waals surface area contributed by atoms with Gasteiger partial charge in [-0.15, -0.1) is 11.8 Å². The van der Waals surface area contributed by atoms with Gasteiger partial charge in [0.05, 0.1) is 0 Å². The highest BCUT2D eigenvalue weighted by molar-refractivity contribution is 7.98. The Labute approximate surface area is 147 Å². The summed E-state index contributed by atoms with van der Waals surface area (Å²) in [6, 6.07) is 15.6. The van der Waals surface area contributed by atoms with Crippen molar-refractivity contribution in [3.05, 3.63) is 64.7 Å². The Balaban J connectivity index is 1.84. The van der Waals surface area contributed by atoms with Crippen molar-refractivity contribution >= 4 is 29.3 Å². The van der Waals surface area contributed by atoms with Gasteiger partial charge in [-0.2, -0.15) is 0 Å². The number of hydrogen-bond acceptors (Lipinski definition) is 2. The highest BCUT2D eigenvalue weighted by Gasteiger charge is 2.05. The molecule has 0 aliphatic heterocycles. The van der Waals surface area contributed by atoms with Crippen LogP contribution in [0, 0.1) is 5.92 Å². The van der Waals surface area contributed by atoms with E-state index in [4.69, 9.17) is 11.6 Å². The molecule has 0 fully saturated rings. The van der Waals surface area contributed by atoms with Gasteiger partial charge in [0.1, 0.15) is 0 Å². The first-order chi connectivity index (χ1) is 11.0. The molecule has 0 heterocycles. The van der Waals surface area contributed by atoms with Crippen LogP contribution in [-0.2, 0) is 5.75 Å². The Bertz CT molecular complexity index is 623. The molecule has 0 bridgehead atoms. The molecule has 2 nitrogen and oxygen atoms in total. The van der Waals surface area contributed by atoms with E-state index in [-0.39, 0.29) is 5.91 Å². The molecule has 0 aliphatic carbocycles. The fourth-order valence-electron chi connectivity index (χ4n) is 2.03. The van der Waals surface area contributed by atoms with Gasteiger partial charge in [0, 0.05) is 27.8 Å². The minimum atomic E-state index is 0.00237. The van der Waals surface area contributed by atoms with Crippen molar-refractivity contribution in [2.75, 3.05) is 6.54 Å². The molecule has 1 N–H and O–H groups in total. The molecule has 2 aromatic rings. The largest absolute Gasteiger partial charge is 0.352 e. The molecule has 0 unspecified atom stereocenters. The van der Waals surface area contributed by atoms with Crippen LogP contribution in [0.15, 0.2) is 53.4 Å². The zero-order valence-corrected chi connectivity index (χ0v) is 15.1. The molecule has 0 aliphatic rings. The van der Waals surface area contributed by atoms with Crippen LogP contribution in [0.2, 0.25) is 5.02 Å². The molecule has 0 aromatic heterocycles. The maximum Gasteiger partial charge on any atom is 0.251 e. The molecule has 122 valence electrons. The van der Waals surface area contributed by atoms with E-state index in [0.29, 0.717) is 11.5 Å². The smallest absolute Gasteiger partial charge is 0.251 e. The van der Waals surface area contributed by atoms with E-state index in [1.807, 2.05) is 48.5 Å². The van der Waals surface area contributed by atoms with Crippen molar-refractivity contribution in [3.8, 4) is 0 Å². The number of amides is 1. The van der Waals surface area contributed by atoms with Crippen molar-refractivity contribution < 1.29 is 4.79 Å². The number of thioether (sulfide) groups is 1. The van der Waals surface area contributed by atoms with E-state index in [1.165, 1.54) is 10.5 Å². The molecule has 0 radical (unpaired) electrons. The summed E-state index contributed by atoms with van der Waals surface area (Å²) in [5.41, 5.74) is 1.91. The van der Waals surface area contributed by atoms with E-state index in [2.05, 4.69) is 19.2 Å². The average Bonchev–Trinajstić information content (AvgIpc) is 2.54. The van der Waals surface area contributed by atoms with Gasteiger partial charge in [-0.25, -0.2) is 0 Å². The molecule has 0 spiro atoms. The fraction of sp³-hybridized carbons (Fsp3) is 0.316. The van der Waals surface area contributed by atoms with Crippen LogP contribution < -0.4 is 5.32 Å². The quantitative estimate of drug-likeness (QED) is 0.678. The Morgan fingerprint density at radius 2 is 1.74 bits per heavy atom. The van der Waals surface area contributed by atoms with Gasteiger partial charge in [0.15, 0.2) is 0 Å². The Morgan fingerprint density at radius 1 is 1.09 bits per heavy atom. The first-order valence-corrected chi connectivity index (χ1v) is 9.16. The molecule has 0 saturated carbocycles. The summed E-state index contributed by atoms with van der Waals surface area (Å²) in [5.74, 6) is 1.47. The first kappa shape index (κ1) is 17.9. The van der Waals surface area contributed by atoms with Gasteiger partial charge in [0.25, 0.3) is 5.91 Å². The molecule has 4 heteroatoms. The number of carbonyl (C=O) groups excluding carboxylic acids is 1. The summed E-state index contributed by atoms with van der Waals surface area (Å²) < 4.78 is 0. The van der Waals surface area contributed by atoms with Gasteiger partial charge >= 0.3 is 0 Å². The summed E-state index contributed by atoms with van der Waals surface area (Å²) in [5, 5.41) is 3.71. The molecule has 0 atom stereocenters. The summed E-state index contributed by atoms with van der Waals surface area (Å²) in [7, 11) is 0. The second-order valence-electron chi connectivity index (χ2n) is 5.88. The molecular formula is C19H22ClNOS. The summed E-state index contributed by atoms with van der Waals surface area (Å²) >= 11 is 7.64. The zero-order chi connectivity index (χ0) is 16.7. The van der Waals surface area contributed by atoms with Crippen molar-refractivity contribution in [2.45, 2.75) is 30.9 Å². The molecule has 0 saturated heterocycles. The molecule has 1 amide bonds. The van der Waals surface area contributed by atoms with E-state index < -0.39 is 0 Å². The van der Waals surface area contributed by atoms with Crippen LogP contribution >= 0.6 is 23.4 Å². The lowest BCUT2D eigenvalue weighted by Crippen LogP contribution is -2.25. The molecule has 2 rings (SSSR count). The van der Waals surface area contributed by atoms with E-state index in [9.17, 15) is 4.79 Å². The second kappa shape index (κ2) is 8.99. The maximum atomic E-state index is 12.0. The Hall–Kier alpha value is -1.45. The van der Waals surface area contributed by atoms with Gasteiger partial charge in [-0.05, 0) is 54.3 Å². The predicted molar refractivity (Wildman–Crippen MR) is 99.2 cm³/mol. The lowest BCUT2D eigenvalue weighted by atomic mass is 10.1. The number of carbonyl (C=O) groups is 1. The number of benzene rings is 2. The van der Waals surface area contributed by atoms with Crippen LogP contribution in [0.4, 0.5) is 0 Å². The number of rotatable bonds is 7. The lowest BCUT2D eigenvalue weighted by Gasteiger charge is -2.08. The van der Waals surface area contributed by atoms with Crippen molar-refractivity contribution in [1.29, 1.82) is 0 Å². The van der Waals surface area contributed by atoms with Gasteiger partial charge in [-0.3, -0.25) is 4.79 Å². The predicted octanol–water partition coefficient (Wildman–Crippen LogP) is 5.41. The van der Waals surface area contributed by atoms with Crippen LogP contribution in [0.25, 0.3) is 0 Å². The first-order valence-electron chi connectivity index (χ1n) is 7.80. The minimum Gasteiger partial charge on any atom is -0.352 e. The fourth-order valence-corrected chi connectivity index (χ4v) is 3.01. The third-order valence-corrected chi connectivity index (χ3v) is 4.78. The third kappa shape index (κ3) is 6.28. The molecule has 2 aromatic carbocycles. The second-order valence-corrected chi connectivity index (χ2v) is 7.36. The topological polar surface area (TPSA) is 29.1 Å². The van der Waals surface area contributed by atoms with E-state index in [1.54, 1.807) is 11.8 Å². The van der Waals surface area contributed by atoms with Crippen LogP contribution in [0.1, 0.15) is 36.2 Å². The van der Waals surface area contributed by atoms with Gasteiger partial charge < -0.3 is 5.32 Å². The van der Waals surface area contributed by atoms with Gasteiger partial charge in [0.2, 0.25) is 0 Å². The van der Waals surface area contributed by atoms with E-state index in [0.717, 1.165) is 23.7 Å².